The molecule has 0 aliphatic rings. The summed E-state index contributed by atoms with van der Waals surface area (Å²) in [7, 11) is 0. The van der Waals surface area contributed by atoms with Gasteiger partial charge in [0.25, 0.3) is 0 Å². The number of hydrogen-bond donors (Lipinski definition) is 1. The lowest BCUT2D eigenvalue weighted by Crippen LogP contribution is -2.12. The SMILES string of the molecule is CC(C)(C)CC(=O)c1ccc2oc(=O)[nH]c2c1. The average Bonchev–Trinajstić information content (AvgIpc) is 2.53. The number of oxazole rings is 1. The fraction of sp³-hybridized carbons (Fsp3) is 0.385. The summed E-state index contributed by atoms with van der Waals surface area (Å²) >= 11 is 0. The summed E-state index contributed by atoms with van der Waals surface area (Å²) in [4.78, 5) is 25.5. The number of carbonyl (C=O) groups excluding carboxylic acids is 1. The largest absolute Gasteiger partial charge is 0.417 e. The lowest BCUT2D eigenvalue weighted by atomic mass is 9.88. The number of Topliss-reactive ketones (excluding diaryl/α,β-unsaturated/α-hetero) is 1. The molecule has 2 aromatic rings. The van der Waals surface area contributed by atoms with Crippen LogP contribution < -0.4 is 5.76 Å². The third-order valence-electron chi connectivity index (χ3n) is 2.43. The van der Waals surface area contributed by atoms with Crippen LogP contribution in [0.25, 0.3) is 11.1 Å². The van der Waals surface area contributed by atoms with Gasteiger partial charge in [-0.3, -0.25) is 9.78 Å². The zero-order valence-electron chi connectivity index (χ0n) is 10.2. The molecule has 0 atom stereocenters. The summed E-state index contributed by atoms with van der Waals surface area (Å²) in [5.41, 5.74) is 1.59. The van der Waals surface area contributed by atoms with Gasteiger partial charge in [-0.25, -0.2) is 4.79 Å². The molecule has 0 bridgehead atoms. The van der Waals surface area contributed by atoms with Crippen LogP contribution in [-0.4, -0.2) is 10.8 Å². The van der Waals surface area contributed by atoms with Gasteiger partial charge in [-0.1, -0.05) is 20.8 Å². The molecule has 1 heterocycles. The second-order valence-corrected chi connectivity index (χ2v) is 5.39. The molecule has 0 aliphatic carbocycles. The van der Waals surface area contributed by atoms with Crippen LogP contribution in [0.3, 0.4) is 0 Å². The van der Waals surface area contributed by atoms with Gasteiger partial charge in [-0.2, -0.15) is 0 Å². The third kappa shape index (κ3) is 2.64. The summed E-state index contributed by atoms with van der Waals surface area (Å²) in [6.45, 7) is 6.05. The molecule has 0 amide bonds. The number of ketones is 1. The number of H-pyrrole nitrogens is 1. The molecule has 0 saturated carbocycles. The lowest BCUT2D eigenvalue weighted by molar-refractivity contribution is 0.0940. The van der Waals surface area contributed by atoms with Crippen molar-refractivity contribution in [2.45, 2.75) is 27.2 Å². The highest BCUT2D eigenvalue weighted by Gasteiger charge is 2.17. The monoisotopic (exact) mass is 233 g/mol. The standard InChI is InChI=1S/C13H15NO3/c1-13(2,3)7-10(15)8-4-5-11-9(6-8)14-12(16)17-11/h4-6H,7H2,1-3H3,(H,14,16). The van der Waals surface area contributed by atoms with E-state index in [9.17, 15) is 9.59 Å². The van der Waals surface area contributed by atoms with Crippen molar-refractivity contribution >= 4 is 16.9 Å². The summed E-state index contributed by atoms with van der Waals surface area (Å²) in [5, 5.41) is 0. The highest BCUT2D eigenvalue weighted by Crippen LogP contribution is 2.22. The second kappa shape index (κ2) is 3.87. The van der Waals surface area contributed by atoms with Crippen molar-refractivity contribution in [2.75, 3.05) is 0 Å². The molecule has 90 valence electrons. The zero-order valence-corrected chi connectivity index (χ0v) is 10.2. The minimum absolute atomic E-state index is 0.0458. The average molecular weight is 233 g/mol. The number of hydrogen-bond acceptors (Lipinski definition) is 3. The molecule has 1 aromatic heterocycles. The van der Waals surface area contributed by atoms with Crippen LogP contribution >= 0.6 is 0 Å². The van der Waals surface area contributed by atoms with E-state index in [0.717, 1.165) is 0 Å². The lowest BCUT2D eigenvalue weighted by Gasteiger charge is -2.16. The van der Waals surface area contributed by atoms with Crippen LogP contribution in [0.2, 0.25) is 0 Å². The van der Waals surface area contributed by atoms with Gasteiger partial charge >= 0.3 is 5.76 Å². The van der Waals surface area contributed by atoms with E-state index in [1.165, 1.54) is 0 Å². The van der Waals surface area contributed by atoms with Crippen molar-refractivity contribution in [1.29, 1.82) is 0 Å². The fourth-order valence-corrected chi connectivity index (χ4v) is 1.71. The van der Waals surface area contributed by atoms with Crippen molar-refractivity contribution in [2.24, 2.45) is 5.41 Å². The Morgan fingerprint density at radius 1 is 1.35 bits per heavy atom. The number of fused-ring (bicyclic) bond motifs is 1. The van der Waals surface area contributed by atoms with Crippen LogP contribution in [-0.2, 0) is 0 Å². The maximum Gasteiger partial charge on any atom is 0.417 e. The molecule has 0 unspecified atom stereocenters. The molecule has 1 aromatic carbocycles. The van der Waals surface area contributed by atoms with Crippen molar-refractivity contribution in [3.05, 3.63) is 34.3 Å². The smallest absolute Gasteiger partial charge is 0.408 e. The number of aromatic amines is 1. The Labute approximate surface area is 98.6 Å². The Morgan fingerprint density at radius 2 is 2.06 bits per heavy atom. The summed E-state index contributed by atoms with van der Waals surface area (Å²) in [5.74, 6) is -0.429. The van der Waals surface area contributed by atoms with Gasteiger partial charge < -0.3 is 4.42 Å². The number of rotatable bonds is 2. The van der Waals surface area contributed by atoms with E-state index in [4.69, 9.17) is 4.42 Å². The van der Waals surface area contributed by atoms with Crippen LogP contribution in [0.5, 0.6) is 0 Å². The Morgan fingerprint density at radius 3 is 2.71 bits per heavy atom. The van der Waals surface area contributed by atoms with Crippen molar-refractivity contribution in [3.63, 3.8) is 0 Å². The van der Waals surface area contributed by atoms with E-state index >= 15 is 0 Å². The Bertz CT molecular complexity index is 613. The number of benzene rings is 1. The second-order valence-electron chi connectivity index (χ2n) is 5.39. The van der Waals surface area contributed by atoms with Crippen LogP contribution in [0.1, 0.15) is 37.6 Å². The summed E-state index contributed by atoms with van der Waals surface area (Å²) in [6.07, 6.45) is 0.473. The quantitative estimate of drug-likeness (QED) is 0.811. The van der Waals surface area contributed by atoms with E-state index in [2.05, 4.69) is 4.98 Å². The molecule has 4 heteroatoms. The molecule has 0 spiro atoms. The highest BCUT2D eigenvalue weighted by molar-refractivity contribution is 5.98. The van der Waals surface area contributed by atoms with E-state index in [1.807, 2.05) is 20.8 Å². The molecular weight excluding hydrogens is 218 g/mol. The highest BCUT2D eigenvalue weighted by atomic mass is 16.4. The van der Waals surface area contributed by atoms with Crippen molar-refractivity contribution in [3.8, 4) is 0 Å². The first kappa shape index (κ1) is 11.6. The number of carbonyl (C=O) groups is 1. The van der Waals surface area contributed by atoms with Gasteiger partial charge in [0.05, 0.1) is 5.52 Å². The molecule has 2 rings (SSSR count). The van der Waals surface area contributed by atoms with Gasteiger partial charge in [0.15, 0.2) is 11.4 Å². The van der Waals surface area contributed by atoms with E-state index < -0.39 is 5.76 Å². The van der Waals surface area contributed by atoms with E-state index in [1.54, 1.807) is 18.2 Å². The molecule has 0 radical (unpaired) electrons. The predicted molar refractivity (Wildman–Crippen MR) is 65.2 cm³/mol. The molecule has 4 nitrogen and oxygen atoms in total. The van der Waals surface area contributed by atoms with Crippen LogP contribution in [0.15, 0.2) is 27.4 Å². The topological polar surface area (TPSA) is 63.1 Å². The van der Waals surface area contributed by atoms with Crippen molar-refractivity contribution < 1.29 is 9.21 Å². The van der Waals surface area contributed by atoms with Gasteiger partial charge in [-0.15, -0.1) is 0 Å². The number of aromatic nitrogens is 1. The normalized spacial score (nSPS) is 11.9. The summed E-state index contributed by atoms with van der Waals surface area (Å²) < 4.78 is 4.88. The minimum Gasteiger partial charge on any atom is -0.408 e. The third-order valence-corrected chi connectivity index (χ3v) is 2.43. The fourth-order valence-electron chi connectivity index (χ4n) is 1.71. The molecule has 0 aliphatic heterocycles. The zero-order chi connectivity index (χ0) is 12.6. The molecule has 0 fully saturated rings. The molecule has 1 N–H and O–H groups in total. The first-order valence-corrected chi connectivity index (χ1v) is 5.51. The Hall–Kier alpha value is -1.84. The molecule has 0 saturated heterocycles. The van der Waals surface area contributed by atoms with Gasteiger partial charge in [-0.05, 0) is 23.6 Å². The van der Waals surface area contributed by atoms with Gasteiger partial charge in [0.2, 0.25) is 0 Å². The van der Waals surface area contributed by atoms with Crippen LogP contribution in [0.4, 0.5) is 0 Å². The van der Waals surface area contributed by atoms with Gasteiger partial charge in [0.1, 0.15) is 0 Å². The van der Waals surface area contributed by atoms with E-state index in [0.29, 0.717) is 23.1 Å². The first-order chi connectivity index (χ1) is 7.85. The van der Waals surface area contributed by atoms with Crippen molar-refractivity contribution in [1.82, 2.24) is 4.98 Å². The van der Waals surface area contributed by atoms with Gasteiger partial charge in [0, 0.05) is 12.0 Å². The summed E-state index contributed by atoms with van der Waals surface area (Å²) in [6, 6.07) is 4.99. The molecule has 17 heavy (non-hydrogen) atoms. The Kier molecular flexibility index (Phi) is 2.65. The maximum absolute atomic E-state index is 12.0. The predicted octanol–water partition coefficient (Wildman–Crippen LogP) is 2.74. The Balaban J connectivity index is 2.36. The number of nitrogens with one attached hydrogen (secondary N) is 1. The maximum atomic E-state index is 12.0. The molecular formula is C13H15NO3. The van der Waals surface area contributed by atoms with Crippen LogP contribution in [0, 0.1) is 5.41 Å². The first-order valence-electron chi connectivity index (χ1n) is 5.51. The minimum atomic E-state index is -0.500. The van der Waals surface area contributed by atoms with E-state index in [-0.39, 0.29) is 11.2 Å².